The number of aromatic nitrogens is 3. The molecule has 0 aliphatic carbocycles. The number of para-hydroxylation sites is 2. The van der Waals surface area contributed by atoms with Crippen molar-refractivity contribution in [1.82, 2.24) is 14.0 Å². The van der Waals surface area contributed by atoms with Gasteiger partial charge in [0.25, 0.3) is 0 Å². The molecule has 1 aliphatic rings. The van der Waals surface area contributed by atoms with Crippen LogP contribution in [0.2, 0.25) is 0 Å². The summed E-state index contributed by atoms with van der Waals surface area (Å²) in [7, 11) is 0. The molecule has 0 saturated carbocycles. The molecule has 0 unspecified atom stereocenters. The molecule has 3 nitrogen and oxygen atoms in total. The average Bonchev–Trinajstić information content (AvgIpc) is 3.27. The third-order valence-corrected chi connectivity index (χ3v) is 7.15. The lowest BCUT2D eigenvalue weighted by atomic mass is 9.35. The molecule has 2 aromatic heterocycles. The minimum atomic E-state index is 0.183. The predicted octanol–water partition coefficient (Wildman–Crippen LogP) is 4.41. The first-order valence-corrected chi connectivity index (χ1v) is 11.4. The monoisotopic (exact) mass is 419 g/mol. The topological polar surface area (TPSA) is 22.2 Å². The summed E-state index contributed by atoms with van der Waals surface area (Å²) in [6.45, 7) is 0.183. The average molecular weight is 419 g/mol. The Morgan fingerprint density at radius 3 is 2.21 bits per heavy atom. The van der Waals surface area contributed by atoms with Crippen LogP contribution in [0.25, 0.3) is 44.3 Å². The van der Waals surface area contributed by atoms with E-state index in [-0.39, 0.29) is 6.71 Å². The number of hydrogen-bond donors (Lipinski definition) is 0. The Bertz CT molecular complexity index is 1860. The fraction of sp³-hybridized carbons (Fsp3) is 0. The van der Waals surface area contributed by atoms with Crippen LogP contribution >= 0.6 is 0 Å². The maximum Gasteiger partial charge on any atom is 0.246 e. The molecule has 33 heavy (non-hydrogen) atoms. The van der Waals surface area contributed by atoms with Crippen LogP contribution in [0.1, 0.15) is 0 Å². The summed E-state index contributed by atoms with van der Waals surface area (Å²) >= 11 is 0. The molecule has 5 aromatic carbocycles. The van der Waals surface area contributed by atoms with E-state index >= 15 is 0 Å². The zero-order valence-corrected chi connectivity index (χ0v) is 17.8. The van der Waals surface area contributed by atoms with Crippen molar-refractivity contribution in [3.8, 4) is 5.69 Å². The van der Waals surface area contributed by atoms with Crippen LogP contribution in [0.5, 0.6) is 0 Å². The maximum atomic E-state index is 5.21. The van der Waals surface area contributed by atoms with E-state index in [1.165, 1.54) is 43.7 Å². The molecule has 1 aliphatic heterocycles. The Labute approximate surface area is 190 Å². The summed E-state index contributed by atoms with van der Waals surface area (Å²) in [5, 5.41) is 2.55. The van der Waals surface area contributed by atoms with Crippen LogP contribution in [0.3, 0.4) is 0 Å². The van der Waals surface area contributed by atoms with Gasteiger partial charge in [0.05, 0.1) is 22.1 Å². The van der Waals surface area contributed by atoms with Gasteiger partial charge in [-0.1, -0.05) is 90.4 Å². The highest BCUT2D eigenvalue weighted by atomic mass is 15.2. The Morgan fingerprint density at radius 1 is 0.606 bits per heavy atom. The third-order valence-electron chi connectivity index (χ3n) is 7.15. The molecule has 152 valence electrons. The fourth-order valence-corrected chi connectivity index (χ4v) is 5.86. The van der Waals surface area contributed by atoms with Crippen LogP contribution in [-0.2, 0) is 0 Å². The van der Waals surface area contributed by atoms with Gasteiger partial charge in [-0.05, 0) is 40.6 Å². The van der Waals surface area contributed by atoms with Gasteiger partial charge < -0.3 is 0 Å². The Hall–Kier alpha value is -4.31. The van der Waals surface area contributed by atoms with Crippen molar-refractivity contribution in [2.45, 2.75) is 0 Å². The first-order valence-electron chi connectivity index (χ1n) is 11.4. The highest BCUT2D eigenvalue weighted by Gasteiger charge is 2.33. The summed E-state index contributed by atoms with van der Waals surface area (Å²) in [5.41, 5.74) is 9.83. The molecule has 0 N–H and O–H groups in total. The van der Waals surface area contributed by atoms with Gasteiger partial charge in [0.2, 0.25) is 12.5 Å². The first-order chi connectivity index (χ1) is 16.4. The third kappa shape index (κ3) is 2.13. The van der Waals surface area contributed by atoms with Gasteiger partial charge in [-0.2, -0.15) is 0 Å². The molecule has 0 atom stereocenters. The van der Waals surface area contributed by atoms with E-state index in [0.29, 0.717) is 0 Å². The summed E-state index contributed by atoms with van der Waals surface area (Å²) in [4.78, 5) is 5.21. The number of benzene rings is 5. The molecular formula is C29H18BN3. The van der Waals surface area contributed by atoms with Crippen molar-refractivity contribution in [2.24, 2.45) is 0 Å². The van der Waals surface area contributed by atoms with Crippen LogP contribution in [0.4, 0.5) is 0 Å². The maximum absolute atomic E-state index is 5.21. The molecular weight excluding hydrogens is 401 g/mol. The summed E-state index contributed by atoms with van der Waals surface area (Å²) in [6.07, 6.45) is 0. The van der Waals surface area contributed by atoms with Crippen LogP contribution in [-0.4, -0.2) is 20.7 Å². The van der Waals surface area contributed by atoms with Crippen molar-refractivity contribution in [2.75, 3.05) is 0 Å². The largest absolute Gasteiger partial charge is 0.280 e. The van der Waals surface area contributed by atoms with Gasteiger partial charge in [0.15, 0.2) is 0 Å². The molecule has 0 spiro atoms. The quantitative estimate of drug-likeness (QED) is 0.381. The second-order valence-electron chi connectivity index (χ2n) is 8.86. The highest BCUT2D eigenvalue weighted by molar-refractivity contribution is 6.98. The number of nitrogens with zero attached hydrogens (tertiary/aromatic N) is 3. The first kappa shape index (κ1) is 17.3. The Balaban J connectivity index is 1.68. The van der Waals surface area contributed by atoms with Crippen molar-refractivity contribution in [3.63, 3.8) is 0 Å². The normalized spacial score (nSPS) is 12.8. The van der Waals surface area contributed by atoms with E-state index in [2.05, 4.69) is 118 Å². The molecule has 0 fully saturated rings. The van der Waals surface area contributed by atoms with E-state index in [0.717, 1.165) is 17.0 Å². The minimum Gasteiger partial charge on any atom is -0.280 e. The lowest BCUT2D eigenvalue weighted by Gasteiger charge is -2.26. The minimum absolute atomic E-state index is 0.183. The standard InChI is InChI=1S/C29H18BN3/c1-3-10-20(11-4-1)30-22-14-8-15-24-27(22)33-28-23(30)18-17-19-9-7-16-25(26(19)28)32(29(33)31-24)21-12-5-2-6-13-21/h1-18H. The van der Waals surface area contributed by atoms with Gasteiger partial charge in [-0.3, -0.25) is 8.97 Å². The molecule has 0 bridgehead atoms. The molecule has 4 heteroatoms. The predicted molar refractivity (Wildman–Crippen MR) is 138 cm³/mol. The highest BCUT2D eigenvalue weighted by Crippen LogP contribution is 2.34. The van der Waals surface area contributed by atoms with Gasteiger partial charge in [-0.25, -0.2) is 4.98 Å². The SMILES string of the molecule is c1ccc(B2c3cccc4nc5n(-c6ccccc6)c6cccc7ccc2c(c76)n5c34)cc1. The molecule has 0 saturated heterocycles. The lowest BCUT2D eigenvalue weighted by molar-refractivity contribution is 1.06. The number of imidazole rings is 1. The molecule has 0 radical (unpaired) electrons. The molecule has 7 aromatic rings. The van der Waals surface area contributed by atoms with E-state index in [9.17, 15) is 0 Å². The van der Waals surface area contributed by atoms with Gasteiger partial charge in [0.1, 0.15) is 0 Å². The van der Waals surface area contributed by atoms with Crippen LogP contribution in [0.15, 0.2) is 109 Å². The fourth-order valence-electron chi connectivity index (χ4n) is 5.86. The van der Waals surface area contributed by atoms with Gasteiger partial charge in [-0.15, -0.1) is 0 Å². The second-order valence-corrected chi connectivity index (χ2v) is 8.86. The second kappa shape index (κ2) is 6.14. The van der Waals surface area contributed by atoms with Gasteiger partial charge in [0, 0.05) is 11.1 Å². The Morgan fingerprint density at radius 2 is 1.36 bits per heavy atom. The van der Waals surface area contributed by atoms with E-state index < -0.39 is 0 Å². The number of hydrogen-bond acceptors (Lipinski definition) is 1. The van der Waals surface area contributed by atoms with Crippen LogP contribution < -0.4 is 16.4 Å². The van der Waals surface area contributed by atoms with Crippen molar-refractivity contribution in [1.29, 1.82) is 0 Å². The Kier molecular flexibility index (Phi) is 3.21. The summed E-state index contributed by atoms with van der Waals surface area (Å²) < 4.78 is 4.72. The molecule has 8 rings (SSSR count). The number of rotatable bonds is 2. The van der Waals surface area contributed by atoms with Gasteiger partial charge >= 0.3 is 0 Å². The van der Waals surface area contributed by atoms with Crippen molar-refractivity contribution in [3.05, 3.63) is 109 Å². The van der Waals surface area contributed by atoms with Crippen molar-refractivity contribution >= 4 is 61.7 Å². The zero-order chi connectivity index (χ0) is 21.5. The van der Waals surface area contributed by atoms with Crippen LogP contribution in [0, 0.1) is 0 Å². The lowest BCUT2D eigenvalue weighted by Crippen LogP contribution is -2.54. The molecule has 0 amide bonds. The van der Waals surface area contributed by atoms with E-state index in [4.69, 9.17) is 4.98 Å². The van der Waals surface area contributed by atoms with E-state index in [1.807, 2.05) is 0 Å². The van der Waals surface area contributed by atoms with Crippen molar-refractivity contribution < 1.29 is 0 Å². The zero-order valence-electron chi connectivity index (χ0n) is 17.8. The summed E-state index contributed by atoms with van der Waals surface area (Å²) in [6, 6.07) is 39.2. The summed E-state index contributed by atoms with van der Waals surface area (Å²) in [5.74, 6) is 0.961. The smallest absolute Gasteiger partial charge is 0.246 e. The van der Waals surface area contributed by atoms with E-state index in [1.54, 1.807) is 0 Å². The molecule has 3 heterocycles.